The van der Waals surface area contributed by atoms with Crippen LogP contribution < -0.4 is 5.32 Å². The van der Waals surface area contributed by atoms with E-state index in [-0.39, 0.29) is 11.2 Å². The van der Waals surface area contributed by atoms with Crippen LogP contribution in [0, 0.1) is 5.92 Å². The molecule has 1 N–H and O–H groups in total. The van der Waals surface area contributed by atoms with E-state index in [1.54, 1.807) is 6.33 Å². The summed E-state index contributed by atoms with van der Waals surface area (Å²) in [5.74, 6) is 0.647. The number of carbonyl (C=O) groups is 1. The lowest BCUT2D eigenvalue weighted by molar-refractivity contribution is -0.121. The average molecular weight is 344 g/mol. The SMILES string of the molecule is C[C@H](Sc1nncn1-c1ccccc1)C(=O)N[C@H]1CCCC[C@H]1C. The van der Waals surface area contributed by atoms with E-state index in [0.29, 0.717) is 12.0 Å². The fourth-order valence-electron chi connectivity index (χ4n) is 3.11. The maximum atomic E-state index is 12.5. The van der Waals surface area contributed by atoms with Crippen LogP contribution >= 0.6 is 11.8 Å². The number of nitrogens with zero attached hydrogens (tertiary/aromatic N) is 3. The predicted octanol–water partition coefficient (Wildman–Crippen LogP) is 3.44. The summed E-state index contributed by atoms with van der Waals surface area (Å²) < 4.78 is 1.91. The van der Waals surface area contributed by atoms with E-state index in [4.69, 9.17) is 0 Å². The Labute approximate surface area is 147 Å². The third-order valence-corrected chi connectivity index (χ3v) is 5.70. The van der Waals surface area contributed by atoms with Gasteiger partial charge in [0.05, 0.1) is 5.25 Å². The molecule has 3 atom stereocenters. The molecule has 6 heteroatoms. The second-order valence-corrected chi connectivity index (χ2v) is 7.76. The molecule has 1 aromatic carbocycles. The van der Waals surface area contributed by atoms with Crippen molar-refractivity contribution in [2.45, 2.75) is 56.0 Å². The van der Waals surface area contributed by atoms with Crippen molar-refractivity contribution >= 4 is 17.7 Å². The molecular weight excluding hydrogens is 320 g/mol. The molecule has 3 rings (SSSR count). The van der Waals surface area contributed by atoms with Gasteiger partial charge < -0.3 is 5.32 Å². The number of rotatable bonds is 5. The van der Waals surface area contributed by atoms with Crippen LogP contribution in [0.25, 0.3) is 5.69 Å². The zero-order valence-corrected chi connectivity index (χ0v) is 15.0. The highest BCUT2D eigenvalue weighted by atomic mass is 32.2. The van der Waals surface area contributed by atoms with Crippen LogP contribution in [0.15, 0.2) is 41.8 Å². The molecule has 1 heterocycles. The zero-order valence-electron chi connectivity index (χ0n) is 14.2. The van der Waals surface area contributed by atoms with Gasteiger partial charge in [-0.15, -0.1) is 10.2 Å². The van der Waals surface area contributed by atoms with Gasteiger partial charge in [-0.1, -0.05) is 49.7 Å². The summed E-state index contributed by atoms with van der Waals surface area (Å²) in [4.78, 5) is 12.5. The van der Waals surface area contributed by atoms with E-state index < -0.39 is 0 Å². The van der Waals surface area contributed by atoms with Crippen molar-refractivity contribution in [3.63, 3.8) is 0 Å². The molecule has 1 aliphatic rings. The largest absolute Gasteiger partial charge is 0.352 e. The zero-order chi connectivity index (χ0) is 16.9. The highest BCUT2D eigenvalue weighted by molar-refractivity contribution is 8.00. The van der Waals surface area contributed by atoms with E-state index in [1.165, 1.54) is 31.0 Å². The lowest BCUT2D eigenvalue weighted by Crippen LogP contribution is -2.44. The minimum atomic E-state index is -0.203. The smallest absolute Gasteiger partial charge is 0.233 e. The summed E-state index contributed by atoms with van der Waals surface area (Å²) in [6.07, 6.45) is 6.46. The van der Waals surface area contributed by atoms with E-state index in [1.807, 2.05) is 41.8 Å². The van der Waals surface area contributed by atoms with Crippen molar-refractivity contribution in [1.82, 2.24) is 20.1 Å². The van der Waals surface area contributed by atoms with E-state index in [2.05, 4.69) is 22.4 Å². The van der Waals surface area contributed by atoms with Gasteiger partial charge in [0, 0.05) is 11.7 Å². The average Bonchev–Trinajstić information content (AvgIpc) is 3.05. The van der Waals surface area contributed by atoms with Gasteiger partial charge in [0.15, 0.2) is 5.16 Å². The monoisotopic (exact) mass is 344 g/mol. The summed E-state index contributed by atoms with van der Waals surface area (Å²) in [6.45, 7) is 4.16. The number of para-hydroxylation sites is 1. The molecule has 1 amide bonds. The fourth-order valence-corrected chi connectivity index (χ4v) is 3.96. The molecule has 2 aromatic rings. The summed E-state index contributed by atoms with van der Waals surface area (Å²) in [6, 6.07) is 10.2. The molecule has 0 radical (unpaired) electrons. The number of aromatic nitrogens is 3. The van der Waals surface area contributed by atoms with Crippen LogP contribution in [-0.4, -0.2) is 32.0 Å². The van der Waals surface area contributed by atoms with E-state index >= 15 is 0 Å². The molecule has 0 bridgehead atoms. The summed E-state index contributed by atoms with van der Waals surface area (Å²) >= 11 is 1.45. The van der Waals surface area contributed by atoms with Crippen LogP contribution in [0.4, 0.5) is 0 Å². The molecule has 1 aromatic heterocycles. The Morgan fingerprint density at radius 2 is 2.04 bits per heavy atom. The van der Waals surface area contributed by atoms with Gasteiger partial charge in [0.1, 0.15) is 6.33 Å². The second kappa shape index (κ2) is 7.83. The summed E-state index contributed by atoms with van der Waals surface area (Å²) in [7, 11) is 0. The Morgan fingerprint density at radius 3 is 2.79 bits per heavy atom. The first-order valence-corrected chi connectivity index (χ1v) is 9.45. The molecule has 0 saturated heterocycles. The number of hydrogen-bond acceptors (Lipinski definition) is 4. The Kier molecular flexibility index (Phi) is 5.56. The maximum absolute atomic E-state index is 12.5. The third kappa shape index (κ3) is 3.98. The highest BCUT2D eigenvalue weighted by Gasteiger charge is 2.26. The number of amides is 1. The summed E-state index contributed by atoms with van der Waals surface area (Å²) in [5, 5.41) is 11.9. The number of carbonyl (C=O) groups excluding carboxylic acids is 1. The Balaban J connectivity index is 1.64. The molecule has 1 fully saturated rings. The highest BCUT2D eigenvalue weighted by Crippen LogP contribution is 2.26. The molecule has 128 valence electrons. The number of benzene rings is 1. The Bertz CT molecular complexity index is 673. The molecule has 24 heavy (non-hydrogen) atoms. The molecule has 0 aliphatic heterocycles. The standard InChI is InChI=1S/C18H24N4OS/c1-13-8-6-7-11-16(13)20-17(23)14(2)24-18-21-19-12-22(18)15-9-4-3-5-10-15/h3-5,9-10,12-14,16H,6-8,11H2,1-2H3,(H,20,23)/t13-,14+,16+/m1/s1. The molecule has 1 saturated carbocycles. The Morgan fingerprint density at radius 1 is 1.29 bits per heavy atom. The van der Waals surface area contributed by atoms with E-state index in [9.17, 15) is 4.79 Å². The van der Waals surface area contributed by atoms with Gasteiger partial charge in [-0.05, 0) is 37.8 Å². The van der Waals surface area contributed by atoms with Gasteiger partial charge in [-0.3, -0.25) is 9.36 Å². The Hall–Kier alpha value is -1.82. The molecule has 0 unspecified atom stereocenters. The molecule has 5 nitrogen and oxygen atoms in total. The fraction of sp³-hybridized carbons (Fsp3) is 0.500. The second-order valence-electron chi connectivity index (χ2n) is 6.46. The van der Waals surface area contributed by atoms with Crippen molar-refractivity contribution in [2.75, 3.05) is 0 Å². The number of nitrogens with one attached hydrogen (secondary N) is 1. The van der Waals surface area contributed by atoms with Crippen LogP contribution in [0.1, 0.15) is 39.5 Å². The molecule has 1 aliphatic carbocycles. The first-order valence-electron chi connectivity index (χ1n) is 8.57. The minimum Gasteiger partial charge on any atom is -0.352 e. The molecule has 0 spiro atoms. The van der Waals surface area contributed by atoms with Gasteiger partial charge in [0.2, 0.25) is 5.91 Å². The summed E-state index contributed by atoms with van der Waals surface area (Å²) in [5.41, 5.74) is 0.999. The minimum absolute atomic E-state index is 0.0846. The van der Waals surface area contributed by atoms with Crippen molar-refractivity contribution in [3.8, 4) is 5.69 Å². The van der Waals surface area contributed by atoms with Gasteiger partial charge in [0.25, 0.3) is 0 Å². The molecular formula is C18H24N4OS. The quantitative estimate of drug-likeness (QED) is 0.844. The lowest BCUT2D eigenvalue weighted by atomic mass is 9.86. The number of thioether (sulfide) groups is 1. The maximum Gasteiger partial charge on any atom is 0.233 e. The lowest BCUT2D eigenvalue weighted by Gasteiger charge is -2.30. The van der Waals surface area contributed by atoms with Gasteiger partial charge >= 0.3 is 0 Å². The first kappa shape index (κ1) is 17.0. The van der Waals surface area contributed by atoms with Crippen molar-refractivity contribution in [1.29, 1.82) is 0 Å². The van der Waals surface area contributed by atoms with Crippen LogP contribution in [0.2, 0.25) is 0 Å². The predicted molar refractivity (Wildman–Crippen MR) is 96.2 cm³/mol. The van der Waals surface area contributed by atoms with E-state index in [0.717, 1.165) is 17.3 Å². The van der Waals surface area contributed by atoms with Gasteiger partial charge in [-0.25, -0.2) is 0 Å². The van der Waals surface area contributed by atoms with Crippen molar-refractivity contribution < 1.29 is 4.79 Å². The van der Waals surface area contributed by atoms with Crippen LogP contribution in [0.5, 0.6) is 0 Å². The third-order valence-electron chi connectivity index (χ3n) is 4.64. The number of hydrogen-bond donors (Lipinski definition) is 1. The van der Waals surface area contributed by atoms with Crippen molar-refractivity contribution in [2.24, 2.45) is 5.92 Å². The van der Waals surface area contributed by atoms with Crippen molar-refractivity contribution in [3.05, 3.63) is 36.7 Å². The van der Waals surface area contributed by atoms with Crippen LogP contribution in [0.3, 0.4) is 0 Å². The topological polar surface area (TPSA) is 59.8 Å². The van der Waals surface area contributed by atoms with Gasteiger partial charge in [-0.2, -0.15) is 0 Å². The van der Waals surface area contributed by atoms with Crippen LogP contribution in [-0.2, 0) is 4.79 Å². The normalized spacial score (nSPS) is 22.1. The first-order chi connectivity index (χ1) is 11.6.